The summed E-state index contributed by atoms with van der Waals surface area (Å²) in [6.45, 7) is 5.90. The molecular formula is C14H15ClN2O2S. The van der Waals surface area contributed by atoms with Crippen molar-refractivity contribution in [1.29, 1.82) is 0 Å². The quantitative estimate of drug-likeness (QED) is 0.798. The van der Waals surface area contributed by atoms with Crippen LogP contribution in [0.3, 0.4) is 0 Å². The van der Waals surface area contributed by atoms with Gasteiger partial charge in [0.1, 0.15) is 5.25 Å². The summed E-state index contributed by atoms with van der Waals surface area (Å²) in [6.07, 6.45) is 0. The van der Waals surface area contributed by atoms with Crippen LogP contribution in [0.5, 0.6) is 0 Å². The average Bonchev–Trinajstić information content (AvgIpc) is 2.74. The first-order valence-electron chi connectivity index (χ1n) is 6.24. The molecule has 0 spiro atoms. The SMILES string of the molecule is CCOC(=O)[C@@H]1SC(=Nc2ccc(Cl)cc2C)N=C1C. The highest BCUT2D eigenvalue weighted by atomic mass is 35.5. The Hall–Kier alpha value is -1.33. The Morgan fingerprint density at radius 1 is 1.50 bits per heavy atom. The average molecular weight is 311 g/mol. The van der Waals surface area contributed by atoms with E-state index in [0.29, 0.717) is 16.8 Å². The third kappa shape index (κ3) is 3.41. The standard InChI is InChI=1S/C14H15ClN2O2S/c1-4-19-13(18)12-9(3)16-14(20-12)17-11-6-5-10(15)7-8(11)2/h5-7,12H,4H2,1-3H3/t12-/m1/s1. The summed E-state index contributed by atoms with van der Waals surface area (Å²) in [5, 5.41) is 0.863. The van der Waals surface area contributed by atoms with E-state index in [1.54, 1.807) is 13.0 Å². The van der Waals surface area contributed by atoms with Gasteiger partial charge in [-0.15, -0.1) is 0 Å². The molecule has 0 aromatic heterocycles. The molecule has 1 heterocycles. The third-order valence-electron chi connectivity index (χ3n) is 2.75. The van der Waals surface area contributed by atoms with Gasteiger partial charge in [0.2, 0.25) is 0 Å². The van der Waals surface area contributed by atoms with Crippen molar-refractivity contribution in [2.24, 2.45) is 9.98 Å². The van der Waals surface area contributed by atoms with Crippen LogP contribution in [-0.2, 0) is 9.53 Å². The van der Waals surface area contributed by atoms with Gasteiger partial charge in [0, 0.05) is 10.7 Å². The number of ether oxygens (including phenoxy) is 1. The first-order chi connectivity index (χ1) is 9.51. The number of halogens is 1. The molecular weight excluding hydrogens is 296 g/mol. The summed E-state index contributed by atoms with van der Waals surface area (Å²) in [5.74, 6) is -0.267. The van der Waals surface area contributed by atoms with Gasteiger partial charge < -0.3 is 4.74 Å². The van der Waals surface area contributed by atoms with E-state index in [1.165, 1.54) is 11.8 Å². The summed E-state index contributed by atoms with van der Waals surface area (Å²) in [6, 6.07) is 5.47. The molecule has 0 N–H and O–H groups in total. The second kappa shape index (κ2) is 6.41. The molecule has 4 nitrogen and oxygen atoms in total. The Balaban J connectivity index is 2.19. The smallest absolute Gasteiger partial charge is 0.325 e. The van der Waals surface area contributed by atoms with Gasteiger partial charge in [-0.1, -0.05) is 23.4 Å². The summed E-state index contributed by atoms with van der Waals surface area (Å²) in [4.78, 5) is 20.6. The minimum absolute atomic E-state index is 0.267. The highest BCUT2D eigenvalue weighted by Crippen LogP contribution is 2.29. The number of carbonyl (C=O) groups excluding carboxylic acids is 1. The van der Waals surface area contributed by atoms with Gasteiger partial charge in [0.15, 0.2) is 5.17 Å². The van der Waals surface area contributed by atoms with Crippen molar-refractivity contribution in [3.8, 4) is 0 Å². The number of thioether (sulfide) groups is 1. The number of rotatable bonds is 3. The van der Waals surface area contributed by atoms with Crippen LogP contribution in [0.2, 0.25) is 5.02 Å². The van der Waals surface area contributed by atoms with E-state index in [9.17, 15) is 4.79 Å². The number of nitrogens with zero attached hydrogens (tertiary/aromatic N) is 2. The third-order valence-corrected chi connectivity index (χ3v) is 4.15. The van der Waals surface area contributed by atoms with Crippen molar-refractivity contribution < 1.29 is 9.53 Å². The molecule has 0 bridgehead atoms. The normalized spacial score (nSPS) is 20.1. The molecule has 2 rings (SSSR count). The number of carbonyl (C=O) groups is 1. The molecule has 0 unspecified atom stereocenters. The van der Waals surface area contributed by atoms with Gasteiger partial charge in [-0.25, -0.2) is 9.98 Å². The van der Waals surface area contributed by atoms with Crippen LogP contribution in [0.15, 0.2) is 28.2 Å². The highest BCUT2D eigenvalue weighted by Gasteiger charge is 2.31. The van der Waals surface area contributed by atoms with E-state index < -0.39 is 0 Å². The van der Waals surface area contributed by atoms with Crippen molar-refractivity contribution in [2.75, 3.05) is 6.61 Å². The van der Waals surface area contributed by atoms with Crippen LogP contribution in [0.25, 0.3) is 0 Å². The molecule has 0 amide bonds. The van der Waals surface area contributed by atoms with Crippen molar-refractivity contribution in [3.05, 3.63) is 28.8 Å². The summed E-state index contributed by atoms with van der Waals surface area (Å²) < 4.78 is 5.02. The zero-order valence-electron chi connectivity index (χ0n) is 11.5. The number of benzene rings is 1. The highest BCUT2D eigenvalue weighted by molar-refractivity contribution is 8.16. The van der Waals surface area contributed by atoms with Crippen molar-refractivity contribution >= 4 is 45.9 Å². The van der Waals surface area contributed by atoms with E-state index in [0.717, 1.165) is 17.0 Å². The number of aryl methyl sites for hydroxylation is 1. The van der Waals surface area contributed by atoms with Crippen molar-refractivity contribution in [2.45, 2.75) is 26.0 Å². The van der Waals surface area contributed by atoms with Crippen molar-refractivity contribution in [3.63, 3.8) is 0 Å². The molecule has 1 aromatic carbocycles. The van der Waals surface area contributed by atoms with Crippen LogP contribution >= 0.6 is 23.4 Å². The van der Waals surface area contributed by atoms with Gasteiger partial charge in [-0.3, -0.25) is 4.79 Å². The monoisotopic (exact) mass is 310 g/mol. The molecule has 6 heteroatoms. The number of esters is 1. The largest absolute Gasteiger partial charge is 0.465 e. The lowest BCUT2D eigenvalue weighted by atomic mass is 10.2. The number of aliphatic imine (C=N–C) groups is 2. The maximum Gasteiger partial charge on any atom is 0.325 e. The fourth-order valence-corrected chi connectivity index (χ4v) is 2.93. The minimum Gasteiger partial charge on any atom is -0.465 e. The van der Waals surface area contributed by atoms with Crippen LogP contribution in [0.4, 0.5) is 5.69 Å². The van der Waals surface area contributed by atoms with E-state index in [-0.39, 0.29) is 11.2 Å². The Kier molecular flexibility index (Phi) is 4.83. The first kappa shape index (κ1) is 15.1. The molecule has 0 fully saturated rings. The molecule has 0 radical (unpaired) electrons. The van der Waals surface area contributed by atoms with Crippen LogP contribution in [-0.4, -0.2) is 28.7 Å². The molecule has 106 valence electrons. The summed E-state index contributed by atoms with van der Waals surface area (Å²) >= 11 is 7.23. The number of hydrogen-bond donors (Lipinski definition) is 0. The van der Waals surface area contributed by atoms with Crippen LogP contribution in [0.1, 0.15) is 19.4 Å². The van der Waals surface area contributed by atoms with Crippen molar-refractivity contribution in [1.82, 2.24) is 0 Å². The van der Waals surface area contributed by atoms with E-state index in [2.05, 4.69) is 9.98 Å². The lowest BCUT2D eigenvalue weighted by Crippen LogP contribution is -2.24. The number of hydrogen-bond acceptors (Lipinski definition) is 4. The molecule has 20 heavy (non-hydrogen) atoms. The Morgan fingerprint density at radius 3 is 2.90 bits per heavy atom. The lowest BCUT2D eigenvalue weighted by Gasteiger charge is -2.07. The molecule has 0 aliphatic carbocycles. The minimum atomic E-state index is -0.388. The Labute approximate surface area is 127 Å². The molecule has 1 aliphatic rings. The number of amidine groups is 1. The van der Waals surface area contributed by atoms with Gasteiger partial charge in [0.25, 0.3) is 0 Å². The zero-order chi connectivity index (χ0) is 14.7. The molecule has 1 aromatic rings. The van der Waals surface area contributed by atoms with Crippen LogP contribution < -0.4 is 0 Å². The molecule has 1 atom stereocenters. The van der Waals surface area contributed by atoms with Crippen LogP contribution in [0, 0.1) is 6.92 Å². The first-order valence-corrected chi connectivity index (χ1v) is 7.50. The second-order valence-corrected chi connectivity index (χ2v) is 5.84. The Morgan fingerprint density at radius 2 is 2.25 bits per heavy atom. The van der Waals surface area contributed by atoms with Gasteiger partial charge in [0.05, 0.1) is 12.3 Å². The van der Waals surface area contributed by atoms with Gasteiger partial charge in [-0.2, -0.15) is 0 Å². The molecule has 0 saturated carbocycles. The van der Waals surface area contributed by atoms with Gasteiger partial charge in [-0.05, 0) is 44.5 Å². The summed E-state index contributed by atoms with van der Waals surface area (Å²) in [7, 11) is 0. The predicted molar refractivity (Wildman–Crippen MR) is 84.4 cm³/mol. The van der Waals surface area contributed by atoms with Gasteiger partial charge >= 0.3 is 5.97 Å². The zero-order valence-corrected chi connectivity index (χ0v) is 13.1. The topological polar surface area (TPSA) is 51.0 Å². The fraction of sp³-hybridized carbons (Fsp3) is 0.357. The fourth-order valence-electron chi connectivity index (χ4n) is 1.76. The predicted octanol–water partition coefficient (Wildman–Crippen LogP) is 3.78. The maximum atomic E-state index is 11.8. The van der Waals surface area contributed by atoms with E-state index >= 15 is 0 Å². The second-order valence-electron chi connectivity index (χ2n) is 4.33. The van der Waals surface area contributed by atoms with E-state index in [4.69, 9.17) is 16.3 Å². The summed E-state index contributed by atoms with van der Waals surface area (Å²) in [5.41, 5.74) is 2.50. The Bertz CT molecular complexity index is 599. The molecule has 0 saturated heterocycles. The van der Waals surface area contributed by atoms with E-state index in [1.807, 2.05) is 26.0 Å². The molecule has 1 aliphatic heterocycles. The maximum absolute atomic E-state index is 11.8. The lowest BCUT2D eigenvalue weighted by molar-refractivity contribution is -0.141.